The van der Waals surface area contributed by atoms with Gasteiger partial charge in [-0.2, -0.15) is 0 Å². The summed E-state index contributed by atoms with van der Waals surface area (Å²) in [7, 11) is 2.13. The van der Waals surface area contributed by atoms with Crippen molar-refractivity contribution in [1.29, 1.82) is 0 Å². The van der Waals surface area contributed by atoms with E-state index in [-0.39, 0.29) is 36.9 Å². The minimum absolute atomic E-state index is 0.0256. The highest BCUT2D eigenvalue weighted by Gasteiger charge is 2.47. The van der Waals surface area contributed by atoms with Gasteiger partial charge in [0, 0.05) is 12.8 Å². The summed E-state index contributed by atoms with van der Waals surface area (Å²) in [4.78, 5) is 14.1. The molecule has 5 atom stereocenters. The molecule has 0 bridgehead atoms. The van der Waals surface area contributed by atoms with Crippen molar-refractivity contribution in [3.05, 3.63) is 71.8 Å². The summed E-state index contributed by atoms with van der Waals surface area (Å²) in [6.45, 7) is 6.59. The number of rotatable bonds is 21. The van der Waals surface area contributed by atoms with Crippen molar-refractivity contribution in [1.82, 2.24) is 4.90 Å². The van der Waals surface area contributed by atoms with Gasteiger partial charge in [-0.05, 0) is 50.9 Å². The third kappa shape index (κ3) is 12.1. The fraction of sp³-hybridized carbons (Fsp3) is 0.629. The van der Waals surface area contributed by atoms with E-state index in [9.17, 15) is 9.90 Å². The van der Waals surface area contributed by atoms with Gasteiger partial charge in [-0.15, -0.1) is 0 Å². The van der Waals surface area contributed by atoms with E-state index in [1.54, 1.807) is 0 Å². The lowest BCUT2D eigenvalue weighted by Crippen LogP contribution is -2.49. The first kappa shape index (κ1) is 34.2. The van der Waals surface area contributed by atoms with Crippen LogP contribution in [0.5, 0.6) is 0 Å². The van der Waals surface area contributed by atoms with Gasteiger partial charge in [0.2, 0.25) is 0 Å². The predicted molar refractivity (Wildman–Crippen MR) is 166 cm³/mol. The number of carbonyl (C=O) groups is 1. The average Bonchev–Trinajstić information content (AvgIpc) is 3.36. The van der Waals surface area contributed by atoms with Crippen molar-refractivity contribution in [3.8, 4) is 0 Å². The molecule has 0 aromatic heterocycles. The third-order valence-corrected chi connectivity index (χ3v) is 7.99. The maximum atomic E-state index is 11.7. The van der Waals surface area contributed by atoms with E-state index in [1.807, 2.05) is 43.3 Å². The number of esters is 1. The lowest BCUT2D eigenvalue weighted by Gasteiger charge is -2.35. The minimum atomic E-state index is -0.496. The number of hydrogen-bond acceptors (Lipinski definition) is 7. The van der Waals surface area contributed by atoms with E-state index >= 15 is 0 Å². The Labute approximate surface area is 253 Å². The van der Waals surface area contributed by atoms with Crippen LogP contribution in [0, 0.1) is 0 Å². The smallest absolute Gasteiger partial charge is 0.305 e. The summed E-state index contributed by atoms with van der Waals surface area (Å²) in [5.41, 5.74) is 2.26. The molecule has 0 spiro atoms. The maximum Gasteiger partial charge on any atom is 0.305 e. The van der Waals surface area contributed by atoms with Gasteiger partial charge in [0.15, 0.2) is 0 Å². The number of unbranched alkanes of at least 4 members (excludes halogenated alkanes) is 4. The van der Waals surface area contributed by atoms with Crippen molar-refractivity contribution in [3.63, 3.8) is 0 Å². The lowest BCUT2D eigenvalue weighted by molar-refractivity contribution is -0.143. The molecule has 7 nitrogen and oxygen atoms in total. The Kier molecular flexibility index (Phi) is 16.1. The number of carbonyl (C=O) groups excluding carboxylic acids is 1. The van der Waals surface area contributed by atoms with Crippen LogP contribution in [0.25, 0.3) is 0 Å². The molecule has 0 amide bonds. The first-order valence-electron chi connectivity index (χ1n) is 16.0. The van der Waals surface area contributed by atoms with E-state index in [4.69, 9.17) is 18.9 Å². The van der Waals surface area contributed by atoms with Crippen LogP contribution in [0.1, 0.15) is 82.8 Å². The number of hydrogen-bond donors (Lipinski definition) is 1. The molecule has 234 valence electrons. The van der Waals surface area contributed by atoms with E-state index in [0.29, 0.717) is 32.7 Å². The molecule has 42 heavy (non-hydrogen) atoms. The molecule has 1 fully saturated rings. The Bertz CT molecular complexity index is 974. The number of aliphatic hydroxyl groups is 1. The SMILES string of the molecule is CCCCCC(O)CO[C@@H]1[C@@H](N(C)CCCCCC(=O)OCC)[C@H](OCc2ccccc2)C[C@@H]1OCc1ccccc1. The van der Waals surface area contributed by atoms with Crippen LogP contribution in [-0.4, -0.2) is 73.2 Å². The van der Waals surface area contributed by atoms with Gasteiger partial charge < -0.3 is 24.1 Å². The monoisotopic (exact) mass is 583 g/mol. The molecule has 1 aliphatic carbocycles. The van der Waals surface area contributed by atoms with Gasteiger partial charge >= 0.3 is 5.97 Å². The molecule has 0 radical (unpaired) electrons. The second kappa shape index (κ2) is 19.8. The quantitative estimate of drug-likeness (QED) is 0.136. The summed E-state index contributed by atoms with van der Waals surface area (Å²) >= 11 is 0. The van der Waals surface area contributed by atoms with Crippen molar-refractivity contribution < 1.29 is 28.8 Å². The topological polar surface area (TPSA) is 77.5 Å². The van der Waals surface area contributed by atoms with Crippen molar-refractivity contribution in [2.24, 2.45) is 0 Å². The van der Waals surface area contributed by atoms with Crippen molar-refractivity contribution >= 4 is 5.97 Å². The largest absolute Gasteiger partial charge is 0.466 e. The van der Waals surface area contributed by atoms with E-state index < -0.39 is 6.10 Å². The Morgan fingerprint density at radius 1 is 0.857 bits per heavy atom. The van der Waals surface area contributed by atoms with E-state index in [0.717, 1.165) is 62.6 Å². The molecule has 3 rings (SSSR count). The van der Waals surface area contributed by atoms with Crippen LogP contribution >= 0.6 is 0 Å². The van der Waals surface area contributed by atoms with Crippen molar-refractivity contribution in [2.75, 3.05) is 26.8 Å². The highest BCUT2D eigenvalue weighted by Crippen LogP contribution is 2.33. The summed E-state index contributed by atoms with van der Waals surface area (Å²) in [6, 6.07) is 20.4. The number of aliphatic hydroxyl groups excluding tert-OH is 1. The summed E-state index contributed by atoms with van der Waals surface area (Å²) in [6.07, 6.45) is 6.89. The van der Waals surface area contributed by atoms with Gasteiger partial charge in [-0.25, -0.2) is 0 Å². The molecule has 2 aromatic carbocycles. The zero-order chi connectivity index (χ0) is 30.0. The van der Waals surface area contributed by atoms with Crippen LogP contribution in [0.3, 0.4) is 0 Å². The van der Waals surface area contributed by atoms with Gasteiger partial charge in [0.1, 0.15) is 6.10 Å². The zero-order valence-corrected chi connectivity index (χ0v) is 26.0. The van der Waals surface area contributed by atoms with Crippen LogP contribution in [0.15, 0.2) is 60.7 Å². The second-order valence-electron chi connectivity index (χ2n) is 11.4. The summed E-state index contributed by atoms with van der Waals surface area (Å²) in [5, 5.41) is 10.7. The Balaban J connectivity index is 1.70. The van der Waals surface area contributed by atoms with Crippen LogP contribution in [-0.2, 0) is 37.0 Å². The highest BCUT2D eigenvalue weighted by molar-refractivity contribution is 5.69. The van der Waals surface area contributed by atoms with E-state index in [2.05, 4.69) is 43.1 Å². The molecule has 0 aliphatic heterocycles. The van der Waals surface area contributed by atoms with Gasteiger partial charge in [0.05, 0.1) is 50.8 Å². The number of benzene rings is 2. The number of ether oxygens (including phenoxy) is 4. The third-order valence-electron chi connectivity index (χ3n) is 7.99. The molecular formula is C35H53NO6. The fourth-order valence-electron chi connectivity index (χ4n) is 5.68. The summed E-state index contributed by atoms with van der Waals surface area (Å²) in [5.74, 6) is -0.125. The van der Waals surface area contributed by atoms with Gasteiger partial charge in [-0.1, -0.05) is 93.3 Å². The highest BCUT2D eigenvalue weighted by atomic mass is 16.6. The Morgan fingerprint density at radius 2 is 1.50 bits per heavy atom. The first-order valence-corrected chi connectivity index (χ1v) is 16.0. The first-order chi connectivity index (χ1) is 20.5. The zero-order valence-electron chi connectivity index (χ0n) is 26.0. The predicted octanol–water partition coefficient (Wildman–Crippen LogP) is 6.31. The Morgan fingerprint density at radius 3 is 2.12 bits per heavy atom. The number of likely N-dealkylation sites (N-methyl/N-ethyl adjacent to an activating group) is 1. The molecule has 1 aliphatic rings. The van der Waals surface area contributed by atoms with Crippen LogP contribution in [0.2, 0.25) is 0 Å². The molecule has 1 unspecified atom stereocenters. The fourth-order valence-corrected chi connectivity index (χ4v) is 5.68. The molecule has 2 aromatic rings. The molecular weight excluding hydrogens is 530 g/mol. The Hall–Kier alpha value is -2.29. The summed E-state index contributed by atoms with van der Waals surface area (Å²) < 4.78 is 24.7. The maximum absolute atomic E-state index is 11.7. The lowest BCUT2D eigenvalue weighted by atomic mass is 10.1. The second-order valence-corrected chi connectivity index (χ2v) is 11.4. The molecule has 1 N–H and O–H groups in total. The van der Waals surface area contributed by atoms with Crippen LogP contribution < -0.4 is 0 Å². The van der Waals surface area contributed by atoms with E-state index in [1.165, 1.54) is 0 Å². The van der Waals surface area contributed by atoms with Crippen LogP contribution in [0.4, 0.5) is 0 Å². The number of nitrogens with zero attached hydrogens (tertiary/aromatic N) is 1. The standard InChI is InChI=1S/C35H53NO6/c1-4-6-10-21-30(37)27-42-35-32(41-26-29-19-13-8-14-20-29)24-31(40-25-28-17-11-7-12-18-28)34(35)36(3)23-16-9-15-22-33(38)39-5-2/h7-8,11-14,17-20,30-32,34-35,37H,4-6,9-10,15-16,21-27H2,1-3H3/t30?,31-,32+,34+,35+/m1/s1. The van der Waals surface area contributed by atoms with Gasteiger partial charge in [0.25, 0.3) is 0 Å². The molecule has 0 heterocycles. The molecule has 0 saturated heterocycles. The normalized spacial score (nSPS) is 21.1. The minimum Gasteiger partial charge on any atom is -0.466 e. The van der Waals surface area contributed by atoms with Gasteiger partial charge in [-0.3, -0.25) is 9.69 Å². The molecule has 7 heteroatoms. The average molecular weight is 584 g/mol. The van der Waals surface area contributed by atoms with Crippen molar-refractivity contribution in [2.45, 2.75) is 115 Å². The molecule has 1 saturated carbocycles.